The van der Waals surface area contributed by atoms with Crippen LogP contribution in [0.3, 0.4) is 0 Å². The third-order valence-corrected chi connectivity index (χ3v) is 4.73. The predicted octanol–water partition coefficient (Wildman–Crippen LogP) is 4.75. The molecule has 0 spiro atoms. The molecular formula is C14H19NS2. The lowest BCUT2D eigenvalue weighted by atomic mass is 10.1. The minimum Gasteiger partial charge on any atom is -0.258 e. The van der Waals surface area contributed by atoms with Crippen molar-refractivity contribution in [3.05, 3.63) is 34.7 Å². The zero-order valence-corrected chi connectivity index (χ0v) is 12.5. The van der Waals surface area contributed by atoms with Crippen LogP contribution in [-0.4, -0.2) is 4.75 Å². The lowest BCUT2D eigenvalue weighted by Crippen LogP contribution is -2.16. The molecule has 1 nitrogen and oxygen atoms in total. The Morgan fingerprint density at radius 3 is 2.59 bits per heavy atom. The van der Waals surface area contributed by atoms with Gasteiger partial charge in [-0.1, -0.05) is 30.1 Å². The molecule has 3 heteroatoms. The standard InChI is InChI=1S/C14H19NS2/c1-10-11-7-5-6-8-12(11)16-13(10)9-15-17-14(2,3)4/h5-8,15H,9H2,1-4H3. The number of aryl methyl sites for hydroxylation is 1. The van der Waals surface area contributed by atoms with E-state index in [-0.39, 0.29) is 4.75 Å². The second kappa shape index (κ2) is 5.01. The average molecular weight is 265 g/mol. The van der Waals surface area contributed by atoms with Crippen LogP contribution >= 0.6 is 23.3 Å². The maximum atomic E-state index is 3.47. The van der Waals surface area contributed by atoms with Crippen molar-refractivity contribution < 1.29 is 0 Å². The Morgan fingerprint density at radius 1 is 1.24 bits per heavy atom. The topological polar surface area (TPSA) is 12.0 Å². The molecule has 2 rings (SSSR count). The number of hydrogen-bond donors (Lipinski definition) is 1. The molecule has 1 aromatic carbocycles. The first-order valence-corrected chi connectivity index (χ1v) is 7.48. The van der Waals surface area contributed by atoms with Crippen LogP contribution in [0.1, 0.15) is 31.2 Å². The molecule has 0 aliphatic heterocycles. The Morgan fingerprint density at radius 2 is 1.94 bits per heavy atom. The summed E-state index contributed by atoms with van der Waals surface area (Å²) >= 11 is 3.70. The maximum Gasteiger partial charge on any atom is 0.0407 e. The van der Waals surface area contributed by atoms with Gasteiger partial charge < -0.3 is 0 Å². The van der Waals surface area contributed by atoms with E-state index in [0.29, 0.717) is 0 Å². The highest BCUT2D eigenvalue weighted by Gasteiger charge is 2.12. The molecule has 17 heavy (non-hydrogen) atoms. The molecule has 1 aromatic heterocycles. The van der Waals surface area contributed by atoms with Gasteiger partial charge in [-0.2, -0.15) is 0 Å². The van der Waals surface area contributed by atoms with Crippen LogP contribution in [0.5, 0.6) is 0 Å². The van der Waals surface area contributed by atoms with E-state index in [9.17, 15) is 0 Å². The van der Waals surface area contributed by atoms with Crippen LogP contribution in [0, 0.1) is 6.92 Å². The van der Waals surface area contributed by atoms with Crippen molar-refractivity contribution in [1.29, 1.82) is 0 Å². The first-order chi connectivity index (χ1) is 7.97. The second-order valence-electron chi connectivity index (χ2n) is 5.18. The number of hydrogen-bond acceptors (Lipinski definition) is 3. The fourth-order valence-corrected chi connectivity index (χ4v) is 3.60. The Kier molecular flexibility index (Phi) is 3.81. The van der Waals surface area contributed by atoms with E-state index in [2.05, 4.69) is 56.7 Å². The van der Waals surface area contributed by atoms with Crippen molar-refractivity contribution in [1.82, 2.24) is 4.72 Å². The molecule has 1 N–H and O–H groups in total. The Balaban J connectivity index is 2.11. The van der Waals surface area contributed by atoms with E-state index in [1.54, 1.807) is 11.9 Å². The van der Waals surface area contributed by atoms with E-state index in [0.717, 1.165) is 6.54 Å². The van der Waals surface area contributed by atoms with Crippen LogP contribution in [0.2, 0.25) is 0 Å². The number of rotatable bonds is 3. The molecule has 0 atom stereocenters. The SMILES string of the molecule is Cc1c(CNSC(C)(C)C)sc2ccccc12. The van der Waals surface area contributed by atoms with Crippen molar-refractivity contribution in [3.8, 4) is 0 Å². The Hall–Kier alpha value is -0.510. The summed E-state index contributed by atoms with van der Waals surface area (Å²) in [4.78, 5) is 1.45. The Labute approximate surface area is 112 Å². The summed E-state index contributed by atoms with van der Waals surface area (Å²) in [6.07, 6.45) is 0. The Bertz CT molecular complexity index is 508. The van der Waals surface area contributed by atoms with Gasteiger partial charge in [0.25, 0.3) is 0 Å². The molecule has 0 fully saturated rings. The summed E-state index contributed by atoms with van der Waals surface area (Å²) in [5, 5.41) is 1.40. The molecule has 0 radical (unpaired) electrons. The van der Waals surface area contributed by atoms with Gasteiger partial charge in [0.1, 0.15) is 0 Å². The molecule has 0 aliphatic rings. The first kappa shape index (κ1) is 12.9. The van der Waals surface area contributed by atoms with Gasteiger partial charge in [0, 0.05) is 20.9 Å². The van der Waals surface area contributed by atoms with Gasteiger partial charge >= 0.3 is 0 Å². The summed E-state index contributed by atoms with van der Waals surface area (Å²) in [7, 11) is 0. The van der Waals surface area contributed by atoms with Crippen molar-refractivity contribution in [2.45, 2.75) is 39.0 Å². The van der Waals surface area contributed by atoms with Crippen molar-refractivity contribution in [2.75, 3.05) is 0 Å². The van der Waals surface area contributed by atoms with E-state index >= 15 is 0 Å². The summed E-state index contributed by atoms with van der Waals surface area (Å²) in [5.41, 5.74) is 1.42. The molecule has 0 unspecified atom stereocenters. The van der Waals surface area contributed by atoms with Gasteiger partial charge in [-0.25, -0.2) is 0 Å². The van der Waals surface area contributed by atoms with Crippen LogP contribution in [-0.2, 0) is 6.54 Å². The smallest absolute Gasteiger partial charge is 0.0407 e. The van der Waals surface area contributed by atoms with Gasteiger partial charge in [0.05, 0.1) is 0 Å². The molecule has 2 aromatic rings. The maximum absolute atomic E-state index is 3.47. The largest absolute Gasteiger partial charge is 0.258 e. The van der Waals surface area contributed by atoms with Crippen molar-refractivity contribution >= 4 is 33.4 Å². The van der Waals surface area contributed by atoms with Crippen LogP contribution in [0.15, 0.2) is 24.3 Å². The number of fused-ring (bicyclic) bond motifs is 1. The van der Waals surface area contributed by atoms with E-state index in [1.165, 1.54) is 20.5 Å². The molecule has 0 amide bonds. The van der Waals surface area contributed by atoms with Gasteiger partial charge in [-0.05, 0) is 44.7 Å². The fraction of sp³-hybridized carbons (Fsp3) is 0.429. The highest BCUT2D eigenvalue weighted by Crippen LogP contribution is 2.31. The molecule has 0 saturated carbocycles. The van der Waals surface area contributed by atoms with Crippen LogP contribution in [0.25, 0.3) is 10.1 Å². The van der Waals surface area contributed by atoms with Gasteiger partial charge in [-0.3, -0.25) is 4.72 Å². The number of thiophene rings is 1. The van der Waals surface area contributed by atoms with Gasteiger partial charge in [0.2, 0.25) is 0 Å². The van der Waals surface area contributed by atoms with Crippen molar-refractivity contribution in [2.24, 2.45) is 0 Å². The molecular weight excluding hydrogens is 246 g/mol. The average Bonchev–Trinajstić information content (AvgIpc) is 2.55. The normalized spacial score (nSPS) is 12.2. The lowest BCUT2D eigenvalue weighted by Gasteiger charge is -2.17. The predicted molar refractivity (Wildman–Crippen MR) is 80.7 cm³/mol. The van der Waals surface area contributed by atoms with E-state index in [1.807, 2.05) is 11.3 Å². The monoisotopic (exact) mass is 265 g/mol. The van der Waals surface area contributed by atoms with Gasteiger partial charge in [-0.15, -0.1) is 11.3 Å². The molecule has 1 heterocycles. The van der Waals surface area contributed by atoms with Crippen LogP contribution < -0.4 is 4.72 Å². The zero-order chi connectivity index (χ0) is 12.5. The van der Waals surface area contributed by atoms with Gasteiger partial charge in [0.15, 0.2) is 0 Å². The summed E-state index contributed by atoms with van der Waals surface area (Å²) < 4.78 is 5.13. The number of nitrogens with one attached hydrogen (secondary N) is 1. The minimum atomic E-state index is 0.268. The minimum absolute atomic E-state index is 0.268. The number of benzene rings is 1. The first-order valence-electron chi connectivity index (χ1n) is 5.85. The zero-order valence-electron chi connectivity index (χ0n) is 10.8. The highest BCUT2D eigenvalue weighted by molar-refractivity contribution is 7.98. The lowest BCUT2D eigenvalue weighted by molar-refractivity contribution is 0.788. The second-order valence-corrected chi connectivity index (χ2v) is 8.04. The molecule has 0 aliphatic carbocycles. The fourth-order valence-electron chi connectivity index (χ4n) is 1.71. The summed E-state index contributed by atoms with van der Waals surface area (Å²) in [6, 6.07) is 8.64. The van der Waals surface area contributed by atoms with E-state index in [4.69, 9.17) is 0 Å². The summed E-state index contributed by atoms with van der Waals surface area (Å²) in [5.74, 6) is 0. The molecule has 0 saturated heterocycles. The molecule has 92 valence electrons. The van der Waals surface area contributed by atoms with Crippen molar-refractivity contribution in [3.63, 3.8) is 0 Å². The summed E-state index contributed by atoms with van der Waals surface area (Å²) in [6.45, 7) is 9.85. The third-order valence-electron chi connectivity index (χ3n) is 2.55. The third kappa shape index (κ3) is 3.24. The molecule has 0 bridgehead atoms. The van der Waals surface area contributed by atoms with E-state index < -0.39 is 0 Å². The van der Waals surface area contributed by atoms with Crippen LogP contribution in [0.4, 0.5) is 0 Å². The highest BCUT2D eigenvalue weighted by atomic mass is 32.2. The quantitative estimate of drug-likeness (QED) is 0.804.